The number of rotatable bonds is 4. The van der Waals surface area contributed by atoms with Gasteiger partial charge in [-0.15, -0.1) is 0 Å². The van der Waals surface area contributed by atoms with Crippen molar-refractivity contribution in [1.29, 1.82) is 0 Å². The molecule has 0 aliphatic rings. The third-order valence-corrected chi connectivity index (χ3v) is 2.29. The molecule has 0 aliphatic heterocycles. The van der Waals surface area contributed by atoms with Gasteiger partial charge in [-0.05, 0) is 30.3 Å². The zero-order chi connectivity index (χ0) is 13.5. The molecule has 0 saturated heterocycles. The zero-order valence-corrected chi connectivity index (χ0v) is 10.1. The molecule has 0 bridgehead atoms. The van der Waals surface area contributed by atoms with Crippen LogP contribution in [0, 0.1) is 0 Å². The normalized spacial score (nSPS) is 10.6. The summed E-state index contributed by atoms with van der Waals surface area (Å²) in [6, 6.07) is 16.0. The molecule has 0 spiro atoms. The molecule has 2 rings (SSSR count). The van der Waals surface area contributed by atoms with Crippen molar-refractivity contribution in [2.45, 2.75) is 0 Å². The van der Waals surface area contributed by atoms with Gasteiger partial charge in [-0.1, -0.05) is 24.3 Å². The molecule has 2 aromatic carbocycles. The van der Waals surface area contributed by atoms with Crippen molar-refractivity contribution in [3.05, 3.63) is 54.6 Å². The van der Waals surface area contributed by atoms with Crippen molar-refractivity contribution in [3.8, 4) is 0 Å². The molecule has 0 unspecified atom stereocenters. The quantitative estimate of drug-likeness (QED) is 0.826. The third-order valence-electron chi connectivity index (χ3n) is 2.29. The average Bonchev–Trinajstić information content (AvgIpc) is 2.46. The second-order valence-corrected chi connectivity index (χ2v) is 3.77. The summed E-state index contributed by atoms with van der Waals surface area (Å²) >= 11 is 0. The van der Waals surface area contributed by atoms with Gasteiger partial charge in [0.15, 0.2) is 6.67 Å². The molecule has 0 aromatic heterocycles. The van der Waals surface area contributed by atoms with Gasteiger partial charge in [0.2, 0.25) is 0 Å². The smallest absolute Gasteiger partial charge is 0.255 e. The maximum absolute atomic E-state index is 12.1. The van der Waals surface area contributed by atoms with Gasteiger partial charge in [0, 0.05) is 5.69 Å². The van der Waals surface area contributed by atoms with Crippen molar-refractivity contribution in [2.75, 3.05) is 12.0 Å². The number of hydrogen-bond acceptors (Lipinski definition) is 3. The summed E-state index contributed by atoms with van der Waals surface area (Å²) in [5.41, 5.74) is 1.81. The predicted molar refractivity (Wildman–Crippen MR) is 71.7 cm³/mol. The van der Waals surface area contributed by atoms with Crippen LogP contribution >= 0.6 is 0 Å². The van der Waals surface area contributed by atoms with E-state index in [9.17, 15) is 9.18 Å². The minimum atomic E-state index is -1.05. The van der Waals surface area contributed by atoms with E-state index in [0.29, 0.717) is 11.4 Å². The molecule has 2 aromatic rings. The van der Waals surface area contributed by atoms with Crippen molar-refractivity contribution in [2.24, 2.45) is 10.2 Å². The summed E-state index contributed by atoms with van der Waals surface area (Å²) in [5.74, 6) is -0.683. The van der Waals surface area contributed by atoms with Crippen LogP contribution in [0.2, 0.25) is 0 Å². The molecule has 0 fully saturated rings. The summed E-state index contributed by atoms with van der Waals surface area (Å²) < 4.78 is 12.1. The van der Waals surface area contributed by atoms with Crippen LogP contribution in [-0.4, -0.2) is 12.6 Å². The van der Waals surface area contributed by atoms with Gasteiger partial charge in [-0.25, -0.2) is 4.39 Å². The lowest BCUT2D eigenvalue weighted by Gasteiger charge is -2.02. The fraction of sp³-hybridized carbons (Fsp3) is 0.0714. The van der Waals surface area contributed by atoms with E-state index in [0.717, 1.165) is 5.69 Å². The first-order valence-electron chi connectivity index (χ1n) is 5.70. The lowest BCUT2D eigenvalue weighted by atomic mass is 10.3. The van der Waals surface area contributed by atoms with E-state index in [1.54, 1.807) is 24.3 Å². The lowest BCUT2D eigenvalue weighted by molar-refractivity contribution is -0.117. The fourth-order valence-corrected chi connectivity index (χ4v) is 1.45. The van der Waals surface area contributed by atoms with E-state index in [2.05, 4.69) is 15.5 Å². The van der Waals surface area contributed by atoms with Crippen LogP contribution < -0.4 is 5.32 Å². The molecule has 19 heavy (non-hydrogen) atoms. The van der Waals surface area contributed by atoms with Crippen LogP contribution in [0.15, 0.2) is 64.8 Å². The second-order valence-electron chi connectivity index (χ2n) is 3.77. The van der Waals surface area contributed by atoms with E-state index in [1.165, 1.54) is 0 Å². The molecule has 4 nitrogen and oxygen atoms in total. The molecule has 0 saturated carbocycles. The van der Waals surface area contributed by atoms with Crippen molar-refractivity contribution >= 4 is 23.0 Å². The highest BCUT2D eigenvalue weighted by Gasteiger charge is 2.01. The standard InChI is InChI=1S/C14H12FN3O/c15-10-14(19)16-12-7-4-8-13(9-12)18-17-11-5-2-1-3-6-11/h1-9H,10H2,(H,16,19). The first-order valence-corrected chi connectivity index (χ1v) is 5.70. The molecule has 0 radical (unpaired) electrons. The van der Waals surface area contributed by atoms with Gasteiger partial charge in [-0.3, -0.25) is 4.79 Å². The van der Waals surface area contributed by atoms with Gasteiger partial charge in [0.1, 0.15) is 0 Å². The largest absolute Gasteiger partial charge is 0.324 e. The number of hydrogen-bond donors (Lipinski definition) is 1. The Labute approximate surface area is 110 Å². The first-order chi connectivity index (χ1) is 9.28. The van der Waals surface area contributed by atoms with Crippen molar-refractivity contribution in [1.82, 2.24) is 0 Å². The Morgan fingerprint density at radius 1 is 1.00 bits per heavy atom. The number of alkyl halides is 1. The van der Waals surface area contributed by atoms with Crippen LogP contribution in [0.25, 0.3) is 0 Å². The second kappa shape index (κ2) is 6.39. The Hall–Kier alpha value is -2.56. The maximum Gasteiger partial charge on any atom is 0.255 e. The van der Waals surface area contributed by atoms with Gasteiger partial charge in [0.25, 0.3) is 5.91 Å². The van der Waals surface area contributed by atoms with Crippen LogP contribution in [0.3, 0.4) is 0 Å². The number of halogens is 1. The van der Waals surface area contributed by atoms with Crippen molar-refractivity contribution < 1.29 is 9.18 Å². The van der Waals surface area contributed by atoms with E-state index in [4.69, 9.17) is 0 Å². The Balaban J connectivity index is 2.11. The van der Waals surface area contributed by atoms with Crippen LogP contribution in [0.1, 0.15) is 0 Å². The summed E-state index contributed by atoms with van der Waals surface area (Å²) in [6.07, 6.45) is 0. The third kappa shape index (κ3) is 3.99. The van der Waals surface area contributed by atoms with Crippen LogP contribution in [-0.2, 0) is 4.79 Å². The number of carbonyl (C=O) groups excluding carboxylic acids is 1. The minimum absolute atomic E-state index is 0.493. The molecule has 0 aliphatic carbocycles. The molecular weight excluding hydrogens is 245 g/mol. The number of nitrogens with one attached hydrogen (secondary N) is 1. The van der Waals surface area contributed by atoms with Gasteiger partial charge >= 0.3 is 0 Å². The van der Waals surface area contributed by atoms with Crippen LogP contribution in [0.4, 0.5) is 21.5 Å². The van der Waals surface area contributed by atoms with Gasteiger partial charge < -0.3 is 5.32 Å². The first kappa shape index (κ1) is 12.9. The molecule has 1 amide bonds. The minimum Gasteiger partial charge on any atom is -0.324 e. The molecule has 5 heteroatoms. The van der Waals surface area contributed by atoms with Gasteiger partial charge in [0.05, 0.1) is 11.4 Å². The number of benzene rings is 2. The summed E-state index contributed by atoms with van der Waals surface area (Å²) in [5, 5.41) is 10.5. The van der Waals surface area contributed by atoms with Crippen molar-refractivity contribution in [3.63, 3.8) is 0 Å². The van der Waals surface area contributed by atoms with E-state index in [1.807, 2.05) is 30.3 Å². The summed E-state index contributed by atoms with van der Waals surface area (Å²) in [4.78, 5) is 10.9. The fourth-order valence-electron chi connectivity index (χ4n) is 1.45. The number of anilines is 1. The topological polar surface area (TPSA) is 53.8 Å². The molecule has 1 N–H and O–H groups in total. The SMILES string of the molecule is O=C(CF)Nc1cccc(N=Nc2ccccc2)c1. The Morgan fingerprint density at radius 2 is 1.68 bits per heavy atom. The Morgan fingerprint density at radius 3 is 2.42 bits per heavy atom. The highest BCUT2D eigenvalue weighted by Crippen LogP contribution is 2.21. The van der Waals surface area contributed by atoms with E-state index >= 15 is 0 Å². The maximum atomic E-state index is 12.1. The molecule has 0 heterocycles. The lowest BCUT2D eigenvalue weighted by Crippen LogP contribution is -2.12. The monoisotopic (exact) mass is 257 g/mol. The van der Waals surface area contributed by atoms with Gasteiger partial charge in [-0.2, -0.15) is 10.2 Å². The summed E-state index contributed by atoms with van der Waals surface area (Å²) in [6.45, 7) is -1.05. The predicted octanol–water partition coefficient (Wildman–Crippen LogP) is 4.01. The Kier molecular flexibility index (Phi) is 4.34. The number of amides is 1. The van der Waals surface area contributed by atoms with Crippen LogP contribution in [0.5, 0.6) is 0 Å². The number of azo groups is 1. The summed E-state index contributed by atoms with van der Waals surface area (Å²) in [7, 11) is 0. The van der Waals surface area contributed by atoms with E-state index in [-0.39, 0.29) is 0 Å². The molecule has 0 atom stereocenters. The average molecular weight is 257 g/mol. The zero-order valence-electron chi connectivity index (χ0n) is 10.1. The van der Waals surface area contributed by atoms with E-state index < -0.39 is 12.6 Å². The molecular formula is C14H12FN3O. The Bertz CT molecular complexity index is 584. The number of nitrogens with zero attached hydrogens (tertiary/aromatic N) is 2. The molecule has 96 valence electrons. The highest BCUT2D eigenvalue weighted by molar-refractivity contribution is 5.91. The highest BCUT2D eigenvalue weighted by atomic mass is 19.1. The number of carbonyl (C=O) groups is 1.